The molecule has 0 bridgehead atoms. The van der Waals surface area contributed by atoms with Gasteiger partial charge in [0.1, 0.15) is 11.4 Å². The average Bonchev–Trinajstić information content (AvgIpc) is 3.19. The van der Waals surface area contributed by atoms with Crippen molar-refractivity contribution in [3.8, 4) is 5.75 Å². The van der Waals surface area contributed by atoms with Gasteiger partial charge in [-0.15, -0.1) is 0 Å². The summed E-state index contributed by atoms with van der Waals surface area (Å²) in [6.07, 6.45) is 2.19. The summed E-state index contributed by atoms with van der Waals surface area (Å²) in [7, 11) is 1.60. The van der Waals surface area contributed by atoms with Crippen LogP contribution in [0.2, 0.25) is 0 Å². The molecule has 19 heavy (non-hydrogen) atoms. The van der Waals surface area contributed by atoms with Gasteiger partial charge in [-0.25, -0.2) is 0 Å². The molecule has 1 aliphatic heterocycles. The van der Waals surface area contributed by atoms with Crippen molar-refractivity contribution in [2.24, 2.45) is 5.92 Å². The zero-order chi connectivity index (χ0) is 13.6. The first-order valence-electron chi connectivity index (χ1n) is 6.70. The summed E-state index contributed by atoms with van der Waals surface area (Å²) in [5.41, 5.74) is 1.02. The van der Waals surface area contributed by atoms with Crippen molar-refractivity contribution in [2.75, 3.05) is 20.2 Å². The fraction of sp³-hybridized carbons (Fsp3) is 0.533. The molecule has 0 atom stereocenters. The summed E-state index contributed by atoms with van der Waals surface area (Å²) >= 11 is 0. The summed E-state index contributed by atoms with van der Waals surface area (Å²) in [4.78, 5) is 14.0. The van der Waals surface area contributed by atoms with E-state index in [4.69, 9.17) is 4.74 Å². The molecular formula is C15H19NO3. The number of aryl methyl sites for hydroxylation is 1. The number of rotatable bonds is 3. The lowest BCUT2D eigenvalue weighted by atomic mass is 9.88. The van der Waals surface area contributed by atoms with Gasteiger partial charge in [0.2, 0.25) is 0 Å². The third-order valence-electron chi connectivity index (χ3n) is 4.21. The fourth-order valence-electron chi connectivity index (χ4n) is 2.77. The monoisotopic (exact) mass is 261 g/mol. The Bertz CT molecular complexity index is 516. The summed E-state index contributed by atoms with van der Waals surface area (Å²) in [5.74, 6) is 1.11. The molecule has 0 radical (unpaired) electrons. The molecular weight excluding hydrogens is 242 g/mol. The van der Waals surface area contributed by atoms with Gasteiger partial charge in [-0.05, 0) is 43.4 Å². The highest BCUT2D eigenvalue weighted by Crippen LogP contribution is 2.44. The molecule has 1 heterocycles. The third kappa shape index (κ3) is 2.10. The number of hydrogen-bond donors (Lipinski definition) is 1. The Kier molecular flexibility index (Phi) is 2.78. The van der Waals surface area contributed by atoms with E-state index >= 15 is 0 Å². The average molecular weight is 261 g/mol. The van der Waals surface area contributed by atoms with Crippen LogP contribution < -0.4 is 4.74 Å². The SMILES string of the molecule is COc1cc(C(=O)N2CC(O)(C3CC3)C2)ccc1C. The van der Waals surface area contributed by atoms with Crippen molar-refractivity contribution >= 4 is 5.91 Å². The largest absolute Gasteiger partial charge is 0.496 e. The topological polar surface area (TPSA) is 49.8 Å². The number of β-amino-alcohol motifs (C(OH)–C–C–N with tert-alkyl or cyclic N) is 1. The highest BCUT2D eigenvalue weighted by Gasteiger charge is 2.53. The molecule has 1 amide bonds. The van der Waals surface area contributed by atoms with Gasteiger partial charge >= 0.3 is 0 Å². The molecule has 4 nitrogen and oxygen atoms in total. The zero-order valence-electron chi connectivity index (χ0n) is 11.3. The van der Waals surface area contributed by atoms with Crippen LogP contribution in [0.5, 0.6) is 5.75 Å². The minimum Gasteiger partial charge on any atom is -0.496 e. The van der Waals surface area contributed by atoms with E-state index < -0.39 is 5.60 Å². The normalized spacial score (nSPS) is 20.9. The second-order valence-corrected chi connectivity index (χ2v) is 5.72. The summed E-state index contributed by atoms with van der Waals surface area (Å²) in [6.45, 7) is 2.88. The molecule has 1 aliphatic carbocycles. The number of amides is 1. The predicted octanol–water partition coefficient (Wildman–Crippen LogP) is 1.60. The standard InChI is InChI=1S/C15H19NO3/c1-10-3-4-11(7-13(10)19-2)14(17)16-8-15(18,9-16)12-5-6-12/h3-4,7,12,18H,5-6,8-9H2,1-2H3. The molecule has 102 valence electrons. The lowest BCUT2D eigenvalue weighted by molar-refractivity contribution is -0.0958. The Balaban J connectivity index is 1.71. The minimum absolute atomic E-state index is 0.0244. The fourth-order valence-corrected chi connectivity index (χ4v) is 2.77. The summed E-state index contributed by atoms with van der Waals surface area (Å²) < 4.78 is 5.24. The van der Waals surface area contributed by atoms with E-state index in [0.717, 1.165) is 24.2 Å². The quantitative estimate of drug-likeness (QED) is 0.899. The van der Waals surface area contributed by atoms with E-state index in [1.54, 1.807) is 18.1 Å². The van der Waals surface area contributed by atoms with Crippen LogP contribution in [0, 0.1) is 12.8 Å². The van der Waals surface area contributed by atoms with Crippen molar-refractivity contribution < 1.29 is 14.6 Å². The molecule has 1 N–H and O–H groups in total. The van der Waals surface area contributed by atoms with Crippen molar-refractivity contribution in [1.29, 1.82) is 0 Å². The molecule has 2 aliphatic rings. The Morgan fingerprint density at radius 3 is 2.68 bits per heavy atom. The van der Waals surface area contributed by atoms with Crippen molar-refractivity contribution in [3.63, 3.8) is 0 Å². The van der Waals surface area contributed by atoms with Crippen LogP contribution in [0.15, 0.2) is 18.2 Å². The Labute approximate surface area is 113 Å². The molecule has 4 heteroatoms. The first-order valence-corrected chi connectivity index (χ1v) is 6.70. The van der Waals surface area contributed by atoms with Gasteiger partial charge in [-0.1, -0.05) is 6.07 Å². The predicted molar refractivity (Wildman–Crippen MR) is 71.3 cm³/mol. The maximum atomic E-state index is 12.3. The van der Waals surface area contributed by atoms with E-state index in [9.17, 15) is 9.90 Å². The van der Waals surface area contributed by atoms with Crippen LogP contribution in [-0.2, 0) is 0 Å². The van der Waals surface area contributed by atoms with E-state index in [2.05, 4.69) is 0 Å². The molecule has 0 spiro atoms. The second kappa shape index (κ2) is 4.23. The first kappa shape index (κ1) is 12.5. The van der Waals surface area contributed by atoms with E-state index in [1.165, 1.54) is 0 Å². The molecule has 1 saturated heterocycles. The Morgan fingerprint density at radius 1 is 1.42 bits per heavy atom. The maximum Gasteiger partial charge on any atom is 0.254 e. The number of nitrogens with zero attached hydrogens (tertiary/aromatic N) is 1. The molecule has 3 rings (SSSR count). The molecule has 1 aromatic rings. The number of methoxy groups -OCH3 is 1. The lowest BCUT2D eigenvalue weighted by Crippen LogP contribution is -2.64. The molecule has 1 saturated carbocycles. The minimum atomic E-state index is -0.621. The smallest absolute Gasteiger partial charge is 0.254 e. The Hall–Kier alpha value is -1.55. The van der Waals surface area contributed by atoms with Gasteiger partial charge in [0.05, 0.1) is 20.2 Å². The third-order valence-corrected chi connectivity index (χ3v) is 4.21. The van der Waals surface area contributed by atoms with Crippen LogP contribution in [0.1, 0.15) is 28.8 Å². The van der Waals surface area contributed by atoms with E-state index in [-0.39, 0.29) is 5.91 Å². The number of benzene rings is 1. The van der Waals surface area contributed by atoms with Crippen LogP contribution in [0.25, 0.3) is 0 Å². The summed E-state index contributed by atoms with van der Waals surface area (Å²) in [6, 6.07) is 5.47. The summed E-state index contributed by atoms with van der Waals surface area (Å²) in [5, 5.41) is 10.2. The highest BCUT2D eigenvalue weighted by molar-refractivity contribution is 5.95. The maximum absolute atomic E-state index is 12.3. The Morgan fingerprint density at radius 2 is 2.11 bits per heavy atom. The van der Waals surface area contributed by atoms with Crippen LogP contribution in [0.3, 0.4) is 0 Å². The van der Waals surface area contributed by atoms with Crippen LogP contribution in [0.4, 0.5) is 0 Å². The van der Waals surface area contributed by atoms with Crippen molar-refractivity contribution in [2.45, 2.75) is 25.4 Å². The van der Waals surface area contributed by atoms with Crippen molar-refractivity contribution in [1.82, 2.24) is 4.90 Å². The lowest BCUT2D eigenvalue weighted by Gasteiger charge is -2.47. The van der Waals surface area contributed by atoms with Gasteiger partial charge in [-0.3, -0.25) is 4.79 Å². The molecule has 1 aromatic carbocycles. The molecule has 0 unspecified atom stereocenters. The highest BCUT2D eigenvalue weighted by atomic mass is 16.5. The van der Waals surface area contributed by atoms with Gasteiger partial charge in [0.15, 0.2) is 0 Å². The van der Waals surface area contributed by atoms with Crippen LogP contribution in [-0.4, -0.2) is 41.7 Å². The van der Waals surface area contributed by atoms with E-state index in [1.807, 2.05) is 19.1 Å². The number of likely N-dealkylation sites (tertiary alicyclic amines) is 1. The number of hydrogen-bond acceptors (Lipinski definition) is 3. The number of carbonyl (C=O) groups excluding carboxylic acids is 1. The molecule has 2 fully saturated rings. The number of aliphatic hydroxyl groups is 1. The van der Waals surface area contributed by atoms with Crippen LogP contribution >= 0.6 is 0 Å². The second-order valence-electron chi connectivity index (χ2n) is 5.72. The van der Waals surface area contributed by atoms with Crippen molar-refractivity contribution in [3.05, 3.63) is 29.3 Å². The number of ether oxygens (including phenoxy) is 1. The number of carbonyl (C=O) groups is 1. The van der Waals surface area contributed by atoms with E-state index in [0.29, 0.717) is 24.6 Å². The zero-order valence-corrected chi connectivity index (χ0v) is 11.3. The first-order chi connectivity index (χ1) is 9.03. The van der Waals surface area contributed by atoms with Gasteiger partial charge in [0, 0.05) is 5.56 Å². The van der Waals surface area contributed by atoms with Gasteiger partial charge in [-0.2, -0.15) is 0 Å². The van der Waals surface area contributed by atoms with Gasteiger partial charge < -0.3 is 14.7 Å². The van der Waals surface area contributed by atoms with Gasteiger partial charge in [0.25, 0.3) is 5.91 Å². The molecule has 0 aromatic heterocycles.